The molecule has 1 atom stereocenters. The minimum absolute atomic E-state index is 0.165. The highest BCUT2D eigenvalue weighted by molar-refractivity contribution is 8.01. The zero-order chi connectivity index (χ0) is 11.3. The maximum absolute atomic E-state index is 11.0. The second-order valence-corrected chi connectivity index (χ2v) is 5.71. The van der Waals surface area contributed by atoms with Gasteiger partial charge in [-0.1, -0.05) is 25.6 Å². The quantitative estimate of drug-likeness (QED) is 0.590. The Morgan fingerprint density at radius 3 is 3.00 bits per heavy atom. The van der Waals surface area contributed by atoms with Gasteiger partial charge in [-0.3, -0.25) is 4.79 Å². The highest BCUT2D eigenvalue weighted by Gasteiger charge is 2.12. The first-order chi connectivity index (χ1) is 7.15. The second kappa shape index (κ2) is 6.12. The fourth-order valence-corrected chi connectivity index (χ4v) is 3.26. The van der Waals surface area contributed by atoms with Gasteiger partial charge in [0.2, 0.25) is 0 Å². The van der Waals surface area contributed by atoms with E-state index in [0.717, 1.165) is 16.5 Å². The molecule has 1 rings (SSSR count). The van der Waals surface area contributed by atoms with E-state index in [4.69, 9.17) is 0 Å². The first kappa shape index (κ1) is 12.5. The van der Waals surface area contributed by atoms with Gasteiger partial charge in [0.25, 0.3) is 0 Å². The number of carbonyl (C=O) groups is 1. The van der Waals surface area contributed by atoms with Gasteiger partial charge in [0.1, 0.15) is 4.34 Å². The Kier molecular flexibility index (Phi) is 5.11. The molecule has 1 heterocycles. The van der Waals surface area contributed by atoms with Crippen LogP contribution in [0.25, 0.3) is 0 Å². The third-order valence-corrected chi connectivity index (χ3v) is 4.00. The zero-order valence-corrected chi connectivity index (χ0v) is 10.8. The third-order valence-electron chi connectivity index (χ3n) is 1.88. The molecule has 84 valence electrons. The van der Waals surface area contributed by atoms with Gasteiger partial charge in [0.05, 0.1) is 19.2 Å². The van der Waals surface area contributed by atoms with Gasteiger partial charge >= 0.3 is 5.97 Å². The Morgan fingerprint density at radius 1 is 1.73 bits per heavy atom. The fraction of sp³-hybridized carbons (Fsp3) is 0.600. The van der Waals surface area contributed by atoms with Crippen molar-refractivity contribution in [2.75, 3.05) is 7.11 Å². The number of thioether (sulfide) groups is 1. The van der Waals surface area contributed by atoms with E-state index >= 15 is 0 Å². The van der Waals surface area contributed by atoms with Gasteiger partial charge in [-0.15, -0.1) is 11.3 Å². The lowest BCUT2D eigenvalue weighted by Crippen LogP contribution is -2.08. The normalized spacial score (nSPS) is 12.5. The number of carbonyl (C=O) groups excluding carboxylic acids is 1. The summed E-state index contributed by atoms with van der Waals surface area (Å²) in [4.78, 5) is 15.5. The van der Waals surface area contributed by atoms with E-state index in [2.05, 4.69) is 22.0 Å². The highest BCUT2D eigenvalue weighted by Crippen LogP contribution is 2.28. The molecular weight excluding hydrogens is 230 g/mol. The smallest absolute Gasteiger partial charge is 0.306 e. The van der Waals surface area contributed by atoms with E-state index in [-0.39, 0.29) is 11.2 Å². The summed E-state index contributed by atoms with van der Waals surface area (Å²) in [7, 11) is 1.41. The Balaban J connectivity index is 2.43. The van der Waals surface area contributed by atoms with Crippen molar-refractivity contribution in [1.82, 2.24) is 4.98 Å². The van der Waals surface area contributed by atoms with E-state index in [1.54, 1.807) is 23.1 Å². The predicted molar refractivity (Wildman–Crippen MR) is 63.4 cm³/mol. The van der Waals surface area contributed by atoms with Crippen LogP contribution in [0, 0.1) is 0 Å². The molecule has 0 N–H and O–H groups in total. The standard InChI is InChI=1S/C10H15NO2S2/c1-4-8-6-14-10(11-8)15-7(2)5-9(12)13-3/h6-7H,4-5H2,1-3H3. The monoisotopic (exact) mass is 245 g/mol. The molecule has 0 aromatic carbocycles. The van der Waals surface area contributed by atoms with Gasteiger partial charge in [-0.05, 0) is 6.42 Å². The molecular formula is C10H15NO2S2. The van der Waals surface area contributed by atoms with Gasteiger partial charge in [-0.2, -0.15) is 0 Å². The average molecular weight is 245 g/mol. The number of hydrogen-bond donors (Lipinski definition) is 0. The predicted octanol–water partition coefficient (Wildman–Crippen LogP) is 2.75. The number of hydrogen-bond acceptors (Lipinski definition) is 5. The summed E-state index contributed by atoms with van der Waals surface area (Å²) in [6, 6.07) is 0. The molecule has 15 heavy (non-hydrogen) atoms. The maximum atomic E-state index is 11.0. The number of esters is 1. The van der Waals surface area contributed by atoms with Crippen LogP contribution in [-0.2, 0) is 16.0 Å². The van der Waals surface area contributed by atoms with Gasteiger partial charge in [0.15, 0.2) is 0 Å². The summed E-state index contributed by atoms with van der Waals surface area (Å²) < 4.78 is 5.65. The molecule has 1 aromatic heterocycles. The van der Waals surface area contributed by atoms with E-state index in [9.17, 15) is 4.79 Å². The average Bonchev–Trinajstić information content (AvgIpc) is 2.65. The van der Waals surface area contributed by atoms with Crippen molar-refractivity contribution in [2.45, 2.75) is 36.3 Å². The largest absolute Gasteiger partial charge is 0.469 e. The van der Waals surface area contributed by atoms with Crippen LogP contribution in [0.2, 0.25) is 0 Å². The van der Waals surface area contributed by atoms with Crippen LogP contribution in [0.3, 0.4) is 0 Å². The van der Waals surface area contributed by atoms with Crippen LogP contribution in [-0.4, -0.2) is 23.3 Å². The molecule has 0 saturated carbocycles. The zero-order valence-electron chi connectivity index (χ0n) is 9.15. The molecule has 0 aliphatic carbocycles. The minimum Gasteiger partial charge on any atom is -0.469 e. The molecule has 0 fully saturated rings. The molecule has 0 spiro atoms. The summed E-state index contributed by atoms with van der Waals surface area (Å²) in [5.74, 6) is -0.165. The van der Waals surface area contributed by atoms with Gasteiger partial charge in [0, 0.05) is 10.6 Å². The molecule has 3 nitrogen and oxygen atoms in total. The van der Waals surface area contributed by atoms with Crippen LogP contribution in [0.15, 0.2) is 9.72 Å². The molecule has 1 unspecified atom stereocenters. The first-order valence-corrected chi connectivity index (χ1v) is 6.59. The molecule has 0 radical (unpaired) electrons. The Hall–Kier alpha value is -0.550. The molecule has 0 amide bonds. The van der Waals surface area contributed by atoms with Crippen LogP contribution in [0.4, 0.5) is 0 Å². The number of aryl methyl sites for hydroxylation is 1. The summed E-state index contributed by atoms with van der Waals surface area (Å²) in [6.07, 6.45) is 1.39. The van der Waals surface area contributed by atoms with Gasteiger partial charge < -0.3 is 4.74 Å². The van der Waals surface area contributed by atoms with Crippen molar-refractivity contribution >= 4 is 29.1 Å². The Bertz CT molecular complexity index is 325. The summed E-state index contributed by atoms with van der Waals surface area (Å²) >= 11 is 3.27. The van der Waals surface area contributed by atoms with Crippen molar-refractivity contribution in [3.05, 3.63) is 11.1 Å². The summed E-state index contributed by atoms with van der Waals surface area (Å²) in [5, 5.41) is 2.28. The first-order valence-electron chi connectivity index (χ1n) is 4.83. The van der Waals surface area contributed by atoms with Crippen LogP contribution >= 0.6 is 23.1 Å². The number of thiazole rings is 1. The number of nitrogens with zero attached hydrogens (tertiary/aromatic N) is 1. The second-order valence-electron chi connectivity index (χ2n) is 3.17. The van der Waals surface area contributed by atoms with E-state index < -0.39 is 0 Å². The van der Waals surface area contributed by atoms with Crippen molar-refractivity contribution in [2.24, 2.45) is 0 Å². The molecule has 5 heteroatoms. The minimum atomic E-state index is -0.165. The highest BCUT2D eigenvalue weighted by atomic mass is 32.2. The van der Waals surface area contributed by atoms with Crippen LogP contribution < -0.4 is 0 Å². The van der Waals surface area contributed by atoms with Gasteiger partial charge in [-0.25, -0.2) is 4.98 Å². The van der Waals surface area contributed by atoms with Crippen LogP contribution in [0.5, 0.6) is 0 Å². The third kappa shape index (κ3) is 4.22. The molecule has 0 saturated heterocycles. The number of ether oxygens (including phenoxy) is 1. The lowest BCUT2D eigenvalue weighted by Gasteiger charge is -2.06. The van der Waals surface area contributed by atoms with Crippen LogP contribution in [0.1, 0.15) is 26.0 Å². The SMILES string of the molecule is CCc1csc(SC(C)CC(=O)OC)n1. The Labute approximate surface area is 98.2 Å². The topological polar surface area (TPSA) is 39.2 Å². The molecule has 1 aromatic rings. The summed E-state index contributed by atoms with van der Waals surface area (Å²) in [6.45, 7) is 4.09. The lowest BCUT2D eigenvalue weighted by molar-refractivity contribution is -0.140. The lowest BCUT2D eigenvalue weighted by atomic mass is 10.3. The number of methoxy groups -OCH3 is 1. The van der Waals surface area contributed by atoms with Crippen molar-refractivity contribution in [3.8, 4) is 0 Å². The van der Waals surface area contributed by atoms with Crippen molar-refractivity contribution < 1.29 is 9.53 Å². The molecule has 0 aliphatic heterocycles. The number of rotatable bonds is 5. The van der Waals surface area contributed by atoms with Crippen molar-refractivity contribution in [1.29, 1.82) is 0 Å². The van der Waals surface area contributed by atoms with E-state index in [1.807, 2.05) is 6.92 Å². The van der Waals surface area contributed by atoms with E-state index in [1.165, 1.54) is 7.11 Å². The summed E-state index contributed by atoms with van der Waals surface area (Å²) in [5.41, 5.74) is 1.12. The fourth-order valence-electron chi connectivity index (χ4n) is 1.04. The Morgan fingerprint density at radius 2 is 2.47 bits per heavy atom. The molecule has 0 bridgehead atoms. The van der Waals surface area contributed by atoms with Crippen molar-refractivity contribution in [3.63, 3.8) is 0 Å². The maximum Gasteiger partial charge on any atom is 0.306 e. The van der Waals surface area contributed by atoms with E-state index in [0.29, 0.717) is 6.42 Å². The number of aromatic nitrogens is 1. The molecule has 0 aliphatic rings.